The fourth-order valence-corrected chi connectivity index (χ4v) is 6.32. The van der Waals surface area contributed by atoms with Gasteiger partial charge in [0.05, 0.1) is 11.5 Å². The lowest BCUT2D eigenvalue weighted by molar-refractivity contribution is 0.0728. The molecule has 0 saturated carbocycles. The molecule has 1 amide bonds. The van der Waals surface area contributed by atoms with Crippen LogP contribution in [0.5, 0.6) is 11.5 Å². The molecule has 44 heavy (non-hydrogen) atoms. The second-order valence-electron chi connectivity index (χ2n) is 13.6. The molecule has 6 rings (SSSR count). The molecule has 4 aromatic rings. The highest BCUT2D eigenvalue weighted by Crippen LogP contribution is 2.49. The number of nitrogens with zero attached hydrogens (tertiary/aromatic N) is 1. The number of rotatable bonds is 4. The Hall–Kier alpha value is -4.20. The van der Waals surface area contributed by atoms with E-state index in [1.807, 2.05) is 45.0 Å². The van der Waals surface area contributed by atoms with Crippen LogP contribution in [0.1, 0.15) is 90.0 Å². The number of hydrogen-bond acceptors (Lipinski definition) is 6. The van der Waals surface area contributed by atoms with Crippen molar-refractivity contribution in [2.24, 2.45) is 11.3 Å². The smallest absolute Gasteiger partial charge is 0.261 e. The van der Waals surface area contributed by atoms with Gasteiger partial charge in [-0.3, -0.25) is 19.3 Å². The van der Waals surface area contributed by atoms with Crippen molar-refractivity contribution in [2.75, 3.05) is 4.90 Å². The van der Waals surface area contributed by atoms with Crippen molar-refractivity contribution in [3.05, 3.63) is 107 Å². The lowest BCUT2D eigenvalue weighted by Gasteiger charge is -2.24. The summed E-state index contributed by atoms with van der Waals surface area (Å²) < 4.78 is 6.03. The number of fused-ring (bicyclic) bond motifs is 2. The predicted molar refractivity (Wildman–Crippen MR) is 174 cm³/mol. The van der Waals surface area contributed by atoms with Crippen molar-refractivity contribution >= 4 is 35.8 Å². The second-order valence-corrected chi connectivity index (χ2v) is 14.1. The molecule has 2 aliphatic rings. The predicted octanol–water partition coefficient (Wildman–Crippen LogP) is 8.42. The maximum atomic E-state index is 14.1. The number of benzene rings is 4. The Morgan fingerprint density at radius 1 is 0.727 bits per heavy atom. The summed E-state index contributed by atoms with van der Waals surface area (Å²) in [5.74, 6) is -0.656. The van der Waals surface area contributed by atoms with E-state index in [-0.39, 0.29) is 33.7 Å². The van der Waals surface area contributed by atoms with Gasteiger partial charge in [-0.15, -0.1) is 12.6 Å². The van der Waals surface area contributed by atoms with E-state index in [0.29, 0.717) is 38.8 Å². The molecular weight excluding hydrogens is 570 g/mol. The number of hydrogen-bond donors (Lipinski definition) is 2. The maximum absolute atomic E-state index is 14.1. The van der Waals surface area contributed by atoms with E-state index in [0.717, 1.165) is 0 Å². The van der Waals surface area contributed by atoms with Crippen molar-refractivity contribution in [3.8, 4) is 22.6 Å². The molecule has 1 heterocycles. The van der Waals surface area contributed by atoms with Gasteiger partial charge < -0.3 is 9.84 Å². The Balaban J connectivity index is 1.38. The summed E-state index contributed by atoms with van der Waals surface area (Å²) in [6.45, 7) is 12.0. The third kappa shape index (κ3) is 4.94. The normalized spacial score (nSPS) is 18.1. The Kier molecular flexibility index (Phi) is 7.10. The van der Waals surface area contributed by atoms with Crippen molar-refractivity contribution in [3.63, 3.8) is 0 Å². The van der Waals surface area contributed by atoms with Gasteiger partial charge in [0, 0.05) is 32.8 Å². The summed E-state index contributed by atoms with van der Waals surface area (Å²) in [4.78, 5) is 43.7. The van der Waals surface area contributed by atoms with E-state index in [4.69, 9.17) is 4.74 Å². The molecule has 1 aliphatic heterocycles. The number of aliphatic hydroxyl groups is 1. The quantitative estimate of drug-likeness (QED) is 0.180. The van der Waals surface area contributed by atoms with Gasteiger partial charge in [-0.25, -0.2) is 0 Å². The number of amides is 1. The highest BCUT2D eigenvalue weighted by Gasteiger charge is 2.50. The van der Waals surface area contributed by atoms with Crippen molar-refractivity contribution in [2.45, 2.75) is 58.1 Å². The summed E-state index contributed by atoms with van der Waals surface area (Å²) in [5.41, 5.74) is 3.06. The number of carbonyl (C=O) groups is 3. The fraction of sp³-hybridized carbons (Fsp3) is 0.270. The highest BCUT2D eigenvalue weighted by molar-refractivity contribution is 7.80. The first-order chi connectivity index (χ1) is 20.7. The van der Waals surface area contributed by atoms with Gasteiger partial charge in [0.25, 0.3) is 5.91 Å². The average Bonchev–Trinajstić information content (AvgIpc) is 3.37. The Morgan fingerprint density at radius 3 is 1.84 bits per heavy atom. The first-order valence-electron chi connectivity index (χ1n) is 14.7. The van der Waals surface area contributed by atoms with Crippen LogP contribution in [0.25, 0.3) is 11.1 Å². The van der Waals surface area contributed by atoms with E-state index in [1.165, 1.54) is 16.5 Å². The molecule has 0 saturated heterocycles. The van der Waals surface area contributed by atoms with Crippen molar-refractivity contribution in [1.82, 2.24) is 0 Å². The minimum atomic E-state index is -1.35. The van der Waals surface area contributed by atoms with Gasteiger partial charge in [-0.1, -0.05) is 65.8 Å². The van der Waals surface area contributed by atoms with E-state index < -0.39 is 23.5 Å². The maximum Gasteiger partial charge on any atom is 0.261 e. The van der Waals surface area contributed by atoms with Gasteiger partial charge in [0.15, 0.2) is 17.8 Å². The molecule has 2 atom stereocenters. The van der Waals surface area contributed by atoms with Crippen molar-refractivity contribution < 1.29 is 24.2 Å². The fourth-order valence-electron chi connectivity index (χ4n) is 6.17. The third-order valence-electron chi connectivity index (χ3n) is 8.44. The van der Waals surface area contributed by atoms with Crippen LogP contribution in [0.2, 0.25) is 0 Å². The third-order valence-corrected chi connectivity index (χ3v) is 8.74. The van der Waals surface area contributed by atoms with Crippen LogP contribution in [0, 0.1) is 11.3 Å². The summed E-state index contributed by atoms with van der Waals surface area (Å²) in [7, 11) is 0. The molecule has 0 radical (unpaired) electrons. The second kappa shape index (κ2) is 10.5. The van der Waals surface area contributed by atoms with Gasteiger partial charge in [0.2, 0.25) is 0 Å². The zero-order valence-electron chi connectivity index (χ0n) is 25.6. The molecule has 0 spiro atoms. The monoisotopic (exact) mass is 605 g/mol. The molecule has 4 aromatic carbocycles. The first kappa shape index (κ1) is 29.9. The van der Waals surface area contributed by atoms with Crippen LogP contribution < -0.4 is 9.64 Å². The molecule has 0 bridgehead atoms. The van der Waals surface area contributed by atoms with Gasteiger partial charge >= 0.3 is 0 Å². The van der Waals surface area contributed by atoms with Gasteiger partial charge in [0.1, 0.15) is 11.5 Å². The number of Topliss-reactive ketones (excluding diaryl/α,β-unsaturated/α-hetero) is 2. The number of ether oxygens (including phenoxy) is 1. The molecule has 1 N–H and O–H groups in total. The van der Waals surface area contributed by atoms with Gasteiger partial charge in [-0.2, -0.15) is 0 Å². The average molecular weight is 606 g/mol. The highest BCUT2D eigenvalue weighted by atomic mass is 32.1. The number of ketones is 2. The summed E-state index contributed by atoms with van der Waals surface area (Å²) in [6, 6.07) is 23.5. The number of aliphatic hydroxyl groups excluding tert-OH is 1. The lowest BCUT2D eigenvalue weighted by atomic mass is 9.77. The van der Waals surface area contributed by atoms with Crippen LogP contribution in [0.4, 0.5) is 5.69 Å². The first-order valence-corrected chi connectivity index (χ1v) is 15.1. The van der Waals surface area contributed by atoms with Crippen LogP contribution in [0.15, 0.2) is 83.8 Å². The molecule has 1 aliphatic carbocycles. The van der Waals surface area contributed by atoms with Gasteiger partial charge in [-0.05, 0) is 76.6 Å². The molecule has 0 aromatic heterocycles. The molecule has 2 unspecified atom stereocenters. The lowest BCUT2D eigenvalue weighted by Crippen LogP contribution is -2.30. The van der Waals surface area contributed by atoms with E-state index in [2.05, 4.69) is 33.4 Å². The molecule has 6 nitrogen and oxygen atoms in total. The van der Waals surface area contributed by atoms with E-state index >= 15 is 0 Å². The standard InChI is InChI=1S/C37H35NO5S/c1-36(2,3)21-9-13-23(14-10-21)43-24-15-11-22(12-16-24)38-34(41)27-19-26-29(33(40)31(32(26)39)37(4,5)6)28(30(27)35(38)42)20-7-17-25(44)18-8-20/h7-19,31,34,41,44H,1-6H3. The zero-order chi connectivity index (χ0) is 31.7. The molecular formula is C37H35NO5S. The SMILES string of the molecule is CC(C)(C)c1ccc(Oc2ccc(N3C(=O)c4c(cc5c(c4-c4ccc(S)cc4)C(=O)C(C(C)(C)C)C5=O)C3O)cc2)cc1. The Bertz CT molecular complexity index is 1810. The van der Waals surface area contributed by atoms with E-state index in [9.17, 15) is 19.5 Å². The zero-order valence-corrected chi connectivity index (χ0v) is 26.5. The number of thiol groups is 1. The molecule has 224 valence electrons. The minimum absolute atomic E-state index is 0.0335. The van der Waals surface area contributed by atoms with Crippen LogP contribution in [-0.4, -0.2) is 22.6 Å². The van der Waals surface area contributed by atoms with Crippen molar-refractivity contribution in [1.29, 1.82) is 0 Å². The number of anilines is 1. The molecule has 0 fully saturated rings. The largest absolute Gasteiger partial charge is 0.457 e. The summed E-state index contributed by atoms with van der Waals surface area (Å²) in [6.07, 6.45) is -1.35. The van der Waals surface area contributed by atoms with Crippen LogP contribution in [0.3, 0.4) is 0 Å². The van der Waals surface area contributed by atoms with E-state index in [1.54, 1.807) is 48.5 Å². The topological polar surface area (TPSA) is 83.9 Å². The minimum Gasteiger partial charge on any atom is -0.457 e. The number of carbonyl (C=O) groups excluding carboxylic acids is 3. The Morgan fingerprint density at radius 2 is 1.30 bits per heavy atom. The van der Waals surface area contributed by atoms with Crippen LogP contribution in [-0.2, 0) is 5.41 Å². The van der Waals surface area contributed by atoms with Crippen LogP contribution >= 0.6 is 12.6 Å². The summed E-state index contributed by atoms with van der Waals surface area (Å²) >= 11 is 4.39. The summed E-state index contributed by atoms with van der Waals surface area (Å²) in [5, 5.41) is 11.6. The Labute approximate surface area is 263 Å². The molecule has 7 heteroatoms.